The van der Waals surface area contributed by atoms with Crippen molar-refractivity contribution in [1.29, 1.82) is 0 Å². The van der Waals surface area contributed by atoms with Crippen LogP contribution < -0.4 is 4.90 Å². The van der Waals surface area contributed by atoms with Crippen molar-refractivity contribution in [1.82, 2.24) is 4.98 Å². The minimum atomic E-state index is -0.108. The fourth-order valence-corrected chi connectivity index (χ4v) is 7.27. The lowest BCUT2D eigenvalue weighted by atomic mass is 9.82. The summed E-state index contributed by atoms with van der Waals surface area (Å²) in [6, 6.07) is 56.1. The Bertz CT molecular complexity index is 2440. The molecule has 8 aromatic rings. The van der Waals surface area contributed by atoms with Crippen LogP contribution in [0.3, 0.4) is 0 Å². The van der Waals surface area contributed by atoms with Crippen molar-refractivity contribution in [2.24, 2.45) is 0 Å². The van der Waals surface area contributed by atoms with Gasteiger partial charge in [-0.2, -0.15) is 0 Å². The SMILES string of the molecule is CC1(C)c2ccccc2-c2ccc(N(c3cccc(-c4ccccc4)c3)c3ccc4ccc5nc(-c6ccccc6)oc5c4c3)cc21. The lowest BCUT2D eigenvalue weighted by Gasteiger charge is -2.28. The first-order chi connectivity index (χ1) is 23.0. The summed E-state index contributed by atoms with van der Waals surface area (Å²) in [5.74, 6) is 0.631. The zero-order valence-corrected chi connectivity index (χ0v) is 26.3. The first-order valence-electron chi connectivity index (χ1n) is 16.1. The highest BCUT2D eigenvalue weighted by molar-refractivity contribution is 6.05. The molecule has 0 amide bonds. The molecule has 7 aromatic carbocycles. The van der Waals surface area contributed by atoms with E-state index < -0.39 is 0 Å². The summed E-state index contributed by atoms with van der Waals surface area (Å²) in [5, 5.41) is 2.15. The van der Waals surface area contributed by atoms with Crippen LogP contribution in [0.1, 0.15) is 25.0 Å². The van der Waals surface area contributed by atoms with E-state index in [0.717, 1.165) is 44.5 Å². The third-order valence-electron chi connectivity index (χ3n) is 9.67. The Morgan fingerprint density at radius 3 is 1.98 bits per heavy atom. The van der Waals surface area contributed by atoms with Gasteiger partial charge in [0.15, 0.2) is 5.58 Å². The van der Waals surface area contributed by atoms with Crippen LogP contribution in [0, 0.1) is 0 Å². The second-order valence-corrected chi connectivity index (χ2v) is 12.9. The highest BCUT2D eigenvalue weighted by Gasteiger charge is 2.35. The third-order valence-corrected chi connectivity index (χ3v) is 9.67. The van der Waals surface area contributed by atoms with Crippen molar-refractivity contribution in [2.45, 2.75) is 19.3 Å². The van der Waals surface area contributed by atoms with Gasteiger partial charge in [-0.05, 0) is 93.4 Å². The van der Waals surface area contributed by atoms with Crippen LogP contribution in [-0.2, 0) is 5.41 Å². The maximum Gasteiger partial charge on any atom is 0.227 e. The maximum absolute atomic E-state index is 6.48. The molecule has 0 saturated carbocycles. The van der Waals surface area contributed by atoms with Gasteiger partial charge in [0.2, 0.25) is 5.89 Å². The quantitative estimate of drug-likeness (QED) is 0.196. The van der Waals surface area contributed by atoms with E-state index in [2.05, 4.69) is 146 Å². The summed E-state index contributed by atoms with van der Waals surface area (Å²) in [6.07, 6.45) is 0. The fourth-order valence-electron chi connectivity index (χ4n) is 7.27. The largest absolute Gasteiger partial charge is 0.435 e. The third kappa shape index (κ3) is 4.46. The molecule has 0 atom stereocenters. The van der Waals surface area contributed by atoms with E-state index in [1.807, 2.05) is 30.3 Å². The molecule has 1 aliphatic rings. The Labute approximate surface area is 274 Å². The van der Waals surface area contributed by atoms with Crippen LogP contribution in [-0.4, -0.2) is 4.98 Å². The standard InChI is InChI=1S/C44H32N2O/c1-44(2)39-19-10-9-18-36(39)37-24-23-35(28-40(37)44)46(33-17-11-16-32(26-33)29-12-5-3-6-13-29)34-22-20-30-21-25-41-42(38(30)27-34)47-43(45-41)31-14-7-4-8-15-31/h3-28H,1-2H3. The summed E-state index contributed by atoms with van der Waals surface area (Å²) in [6.45, 7) is 4.67. The zero-order chi connectivity index (χ0) is 31.5. The number of hydrogen-bond donors (Lipinski definition) is 0. The van der Waals surface area contributed by atoms with E-state index in [4.69, 9.17) is 9.40 Å². The molecule has 1 heterocycles. The minimum absolute atomic E-state index is 0.108. The zero-order valence-electron chi connectivity index (χ0n) is 26.3. The van der Waals surface area contributed by atoms with E-state index >= 15 is 0 Å². The average Bonchev–Trinajstić information content (AvgIpc) is 3.67. The maximum atomic E-state index is 6.48. The first kappa shape index (κ1) is 27.4. The number of benzene rings is 7. The molecule has 0 fully saturated rings. The lowest BCUT2D eigenvalue weighted by molar-refractivity contribution is 0.623. The predicted molar refractivity (Wildman–Crippen MR) is 195 cm³/mol. The van der Waals surface area contributed by atoms with Gasteiger partial charge in [-0.25, -0.2) is 4.98 Å². The van der Waals surface area contributed by atoms with Gasteiger partial charge in [-0.1, -0.05) is 117 Å². The monoisotopic (exact) mass is 604 g/mol. The van der Waals surface area contributed by atoms with Crippen molar-refractivity contribution in [3.05, 3.63) is 169 Å². The number of anilines is 3. The van der Waals surface area contributed by atoms with Gasteiger partial charge < -0.3 is 9.32 Å². The second-order valence-electron chi connectivity index (χ2n) is 12.9. The van der Waals surface area contributed by atoms with Crippen molar-refractivity contribution >= 4 is 38.9 Å². The number of fused-ring (bicyclic) bond motifs is 6. The first-order valence-corrected chi connectivity index (χ1v) is 16.1. The Hall–Kier alpha value is -5.93. The molecule has 0 saturated heterocycles. The summed E-state index contributed by atoms with van der Waals surface area (Å²) < 4.78 is 6.48. The molecule has 9 rings (SSSR count). The molecule has 47 heavy (non-hydrogen) atoms. The minimum Gasteiger partial charge on any atom is -0.435 e. The molecule has 3 nitrogen and oxygen atoms in total. The number of aromatic nitrogens is 1. The molecule has 224 valence electrons. The van der Waals surface area contributed by atoms with E-state index in [9.17, 15) is 0 Å². The molecule has 0 radical (unpaired) electrons. The van der Waals surface area contributed by atoms with Crippen molar-refractivity contribution in [3.8, 4) is 33.7 Å². The molecule has 0 N–H and O–H groups in total. The van der Waals surface area contributed by atoms with E-state index in [0.29, 0.717) is 5.89 Å². The van der Waals surface area contributed by atoms with E-state index in [-0.39, 0.29) is 5.41 Å². The molecule has 1 aliphatic carbocycles. The summed E-state index contributed by atoms with van der Waals surface area (Å²) in [7, 11) is 0. The number of hydrogen-bond acceptors (Lipinski definition) is 3. The molecular weight excluding hydrogens is 572 g/mol. The Kier molecular flexibility index (Phi) is 6.16. The van der Waals surface area contributed by atoms with Gasteiger partial charge in [0.1, 0.15) is 5.52 Å². The predicted octanol–water partition coefficient (Wildman–Crippen LogP) is 12.1. The van der Waals surface area contributed by atoms with Gasteiger partial charge in [-0.15, -0.1) is 0 Å². The van der Waals surface area contributed by atoms with Crippen molar-refractivity contribution < 1.29 is 4.42 Å². The van der Waals surface area contributed by atoms with Crippen LogP contribution in [0.5, 0.6) is 0 Å². The second kappa shape index (κ2) is 10.6. The van der Waals surface area contributed by atoms with Crippen LogP contribution in [0.25, 0.3) is 55.6 Å². The van der Waals surface area contributed by atoms with Crippen LogP contribution >= 0.6 is 0 Å². The van der Waals surface area contributed by atoms with Crippen molar-refractivity contribution in [2.75, 3.05) is 4.90 Å². The lowest BCUT2D eigenvalue weighted by Crippen LogP contribution is -2.16. The highest BCUT2D eigenvalue weighted by atomic mass is 16.3. The van der Waals surface area contributed by atoms with Crippen LogP contribution in [0.15, 0.2) is 162 Å². The van der Waals surface area contributed by atoms with E-state index in [1.165, 1.54) is 33.4 Å². The molecule has 0 spiro atoms. The average molecular weight is 605 g/mol. The van der Waals surface area contributed by atoms with Gasteiger partial charge in [0, 0.05) is 33.4 Å². The summed E-state index contributed by atoms with van der Waals surface area (Å²) >= 11 is 0. The molecule has 0 aliphatic heterocycles. The molecular formula is C44H32N2O. The Morgan fingerprint density at radius 2 is 1.15 bits per heavy atom. The van der Waals surface area contributed by atoms with Crippen molar-refractivity contribution in [3.63, 3.8) is 0 Å². The fraction of sp³-hybridized carbons (Fsp3) is 0.0682. The van der Waals surface area contributed by atoms with Gasteiger partial charge >= 0.3 is 0 Å². The normalized spacial score (nSPS) is 13.1. The number of nitrogens with zero attached hydrogens (tertiary/aromatic N) is 2. The van der Waals surface area contributed by atoms with E-state index in [1.54, 1.807) is 0 Å². The Balaban J connectivity index is 1.25. The highest BCUT2D eigenvalue weighted by Crippen LogP contribution is 2.51. The molecule has 3 heteroatoms. The van der Waals surface area contributed by atoms with Gasteiger partial charge in [0.05, 0.1) is 0 Å². The number of oxazole rings is 1. The Morgan fingerprint density at radius 1 is 0.511 bits per heavy atom. The van der Waals surface area contributed by atoms with Gasteiger partial charge in [0.25, 0.3) is 0 Å². The van der Waals surface area contributed by atoms with Gasteiger partial charge in [-0.3, -0.25) is 0 Å². The topological polar surface area (TPSA) is 29.3 Å². The molecule has 0 unspecified atom stereocenters. The molecule has 1 aromatic heterocycles. The summed E-state index contributed by atoms with van der Waals surface area (Å²) in [5.41, 5.74) is 13.5. The smallest absolute Gasteiger partial charge is 0.227 e. The number of rotatable bonds is 5. The molecule has 0 bridgehead atoms. The van der Waals surface area contributed by atoms with Crippen LogP contribution in [0.2, 0.25) is 0 Å². The van der Waals surface area contributed by atoms with Crippen LogP contribution in [0.4, 0.5) is 17.1 Å². The summed E-state index contributed by atoms with van der Waals surface area (Å²) in [4.78, 5) is 7.24.